The molecule has 2 heterocycles. The SMILES string of the molecule is CC(C)(C)C1C(NC(=O)c2nc(-c3cccc(CNC(=O)Nc4ccc(Cl)c(C(F)(F)F)c4)c3)cnc2N)CCCN1C(=O)O. The van der Waals surface area contributed by atoms with Crippen LogP contribution in [0, 0.1) is 5.41 Å². The monoisotopic (exact) mass is 647 g/mol. The molecule has 4 amide bonds. The molecule has 2 unspecified atom stereocenters. The fourth-order valence-electron chi connectivity index (χ4n) is 5.39. The molecule has 3 aromatic rings. The Balaban J connectivity index is 1.46. The highest BCUT2D eigenvalue weighted by molar-refractivity contribution is 6.31. The Morgan fingerprint density at radius 3 is 2.53 bits per heavy atom. The van der Waals surface area contributed by atoms with Gasteiger partial charge in [0.2, 0.25) is 0 Å². The summed E-state index contributed by atoms with van der Waals surface area (Å²) < 4.78 is 39.4. The van der Waals surface area contributed by atoms with Crippen LogP contribution in [0.25, 0.3) is 11.3 Å². The van der Waals surface area contributed by atoms with Crippen LogP contribution in [0.1, 0.15) is 55.2 Å². The summed E-state index contributed by atoms with van der Waals surface area (Å²) in [5, 5.41) is 17.1. The zero-order chi connectivity index (χ0) is 33.1. The van der Waals surface area contributed by atoms with E-state index in [1.54, 1.807) is 24.3 Å². The largest absolute Gasteiger partial charge is 0.465 e. The number of nitrogen functional groups attached to an aromatic ring is 1. The molecule has 1 aliphatic heterocycles. The van der Waals surface area contributed by atoms with Crippen LogP contribution in [0.2, 0.25) is 5.02 Å². The summed E-state index contributed by atoms with van der Waals surface area (Å²) in [7, 11) is 0. The number of anilines is 2. The van der Waals surface area contributed by atoms with Crippen molar-refractivity contribution in [1.82, 2.24) is 25.5 Å². The molecule has 1 aromatic heterocycles. The molecule has 0 aliphatic carbocycles. The van der Waals surface area contributed by atoms with Crippen molar-refractivity contribution >= 4 is 41.1 Å². The van der Waals surface area contributed by atoms with Crippen LogP contribution in [0.4, 0.5) is 34.3 Å². The maximum Gasteiger partial charge on any atom is 0.417 e. The molecule has 0 radical (unpaired) electrons. The molecule has 15 heteroatoms. The first kappa shape index (κ1) is 33.3. The molecule has 0 bridgehead atoms. The van der Waals surface area contributed by atoms with Crippen LogP contribution in [0.15, 0.2) is 48.7 Å². The number of carbonyl (C=O) groups excluding carboxylic acids is 2. The summed E-state index contributed by atoms with van der Waals surface area (Å²) in [6.45, 7) is 6.14. The van der Waals surface area contributed by atoms with E-state index >= 15 is 0 Å². The third kappa shape index (κ3) is 8.12. The number of hydrogen-bond acceptors (Lipinski definition) is 6. The van der Waals surface area contributed by atoms with Gasteiger partial charge in [-0.3, -0.25) is 4.79 Å². The van der Waals surface area contributed by atoms with E-state index in [9.17, 15) is 32.7 Å². The van der Waals surface area contributed by atoms with E-state index in [0.29, 0.717) is 36.2 Å². The molecule has 0 spiro atoms. The number of benzene rings is 2. The number of amides is 4. The zero-order valence-corrected chi connectivity index (χ0v) is 25.5. The van der Waals surface area contributed by atoms with Gasteiger partial charge in [0.15, 0.2) is 11.5 Å². The number of likely N-dealkylation sites (tertiary alicyclic amines) is 1. The van der Waals surface area contributed by atoms with Crippen molar-refractivity contribution < 1.29 is 32.7 Å². The van der Waals surface area contributed by atoms with Gasteiger partial charge in [0.25, 0.3) is 5.91 Å². The number of piperidine rings is 1. The van der Waals surface area contributed by atoms with E-state index in [4.69, 9.17) is 17.3 Å². The van der Waals surface area contributed by atoms with Crippen LogP contribution in [-0.2, 0) is 12.7 Å². The van der Waals surface area contributed by atoms with Crippen LogP contribution in [-0.4, -0.2) is 56.6 Å². The lowest BCUT2D eigenvalue weighted by molar-refractivity contribution is -0.137. The molecule has 4 rings (SSSR count). The van der Waals surface area contributed by atoms with Gasteiger partial charge >= 0.3 is 18.3 Å². The molecule has 0 saturated carbocycles. The van der Waals surface area contributed by atoms with Gasteiger partial charge in [-0.2, -0.15) is 13.2 Å². The average Bonchev–Trinajstić information content (AvgIpc) is 2.96. The van der Waals surface area contributed by atoms with Gasteiger partial charge in [0.1, 0.15) is 0 Å². The lowest BCUT2D eigenvalue weighted by atomic mass is 9.77. The fourth-order valence-corrected chi connectivity index (χ4v) is 5.62. The van der Waals surface area contributed by atoms with E-state index in [1.165, 1.54) is 17.2 Å². The van der Waals surface area contributed by atoms with E-state index in [2.05, 4.69) is 25.9 Å². The number of nitrogens with zero attached hydrogens (tertiary/aromatic N) is 3. The van der Waals surface area contributed by atoms with E-state index < -0.39 is 52.3 Å². The minimum atomic E-state index is -4.68. The van der Waals surface area contributed by atoms with Crippen molar-refractivity contribution in [1.29, 1.82) is 0 Å². The summed E-state index contributed by atoms with van der Waals surface area (Å²) in [4.78, 5) is 47.6. The van der Waals surface area contributed by atoms with Crippen LogP contribution < -0.4 is 21.7 Å². The third-order valence-electron chi connectivity index (χ3n) is 7.30. The number of aromatic nitrogens is 2. The predicted molar refractivity (Wildman–Crippen MR) is 163 cm³/mol. The van der Waals surface area contributed by atoms with Crippen LogP contribution >= 0.6 is 11.6 Å². The number of nitrogens with one attached hydrogen (secondary N) is 3. The first-order valence-corrected chi connectivity index (χ1v) is 14.4. The Morgan fingerprint density at radius 2 is 1.87 bits per heavy atom. The minimum absolute atomic E-state index is 0.0189. The second-order valence-corrected chi connectivity index (χ2v) is 12.1. The van der Waals surface area contributed by atoms with Gasteiger partial charge in [-0.15, -0.1) is 0 Å². The van der Waals surface area contributed by atoms with Gasteiger partial charge in [-0.05, 0) is 48.1 Å². The Bertz CT molecular complexity index is 1600. The lowest BCUT2D eigenvalue weighted by Crippen LogP contribution is -2.61. The van der Waals surface area contributed by atoms with Crippen molar-refractivity contribution in [2.45, 2.75) is 58.4 Å². The molecule has 6 N–H and O–H groups in total. The number of rotatable bonds is 6. The molecule has 2 atom stereocenters. The second-order valence-electron chi connectivity index (χ2n) is 11.7. The molecule has 240 valence electrons. The van der Waals surface area contributed by atoms with Crippen molar-refractivity contribution in [2.75, 3.05) is 17.6 Å². The van der Waals surface area contributed by atoms with Crippen molar-refractivity contribution in [3.05, 3.63) is 70.5 Å². The number of halogens is 4. The number of nitrogens with two attached hydrogens (primary N) is 1. The highest BCUT2D eigenvalue weighted by Gasteiger charge is 2.42. The van der Waals surface area contributed by atoms with E-state index in [0.717, 1.165) is 12.1 Å². The van der Waals surface area contributed by atoms with Gasteiger partial charge in [0.05, 0.1) is 34.6 Å². The summed E-state index contributed by atoms with van der Waals surface area (Å²) in [5.74, 6) is -0.682. The summed E-state index contributed by atoms with van der Waals surface area (Å²) >= 11 is 5.63. The zero-order valence-electron chi connectivity index (χ0n) is 24.7. The third-order valence-corrected chi connectivity index (χ3v) is 7.63. The van der Waals surface area contributed by atoms with Crippen LogP contribution in [0.3, 0.4) is 0 Å². The smallest absolute Gasteiger partial charge is 0.417 e. The minimum Gasteiger partial charge on any atom is -0.465 e. The molecular formula is C30H33ClF3N7O4. The molecule has 1 aliphatic rings. The van der Waals surface area contributed by atoms with Gasteiger partial charge in [-0.1, -0.05) is 50.6 Å². The summed E-state index contributed by atoms with van der Waals surface area (Å²) in [5.41, 5.74) is 5.81. The molecule has 2 aromatic carbocycles. The molecule has 11 nitrogen and oxygen atoms in total. The first-order chi connectivity index (χ1) is 21.0. The molecule has 1 saturated heterocycles. The van der Waals surface area contributed by atoms with Crippen molar-refractivity contribution in [2.24, 2.45) is 5.41 Å². The maximum absolute atomic E-state index is 13.4. The van der Waals surface area contributed by atoms with Gasteiger partial charge in [0, 0.05) is 24.3 Å². The van der Waals surface area contributed by atoms with Crippen molar-refractivity contribution in [3.8, 4) is 11.3 Å². The van der Waals surface area contributed by atoms with Crippen LogP contribution in [0.5, 0.6) is 0 Å². The highest BCUT2D eigenvalue weighted by atomic mass is 35.5. The van der Waals surface area contributed by atoms with E-state index in [1.807, 2.05) is 20.8 Å². The molecular weight excluding hydrogens is 615 g/mol. The molecule has 1 fully saturated rings. The van der Waals surface area contributed by atoms with Gasteiger partial charge < -0.3 is 31.7 Å². The number of carboxylic acid groups (broad SMARTS) is 1. The molecule has 45 heavy (non-hydrogen) atoms. The normalized spacial score (nSPS) is 17.0. The standard InChI is InChI=1S/C30H33ClF3N7O4/c1-29(2,3)24-21(8-5-11-41(24)28(44)45)40-26(42)23-25(35)36-15-22(39-23)17-7-4-6-16(12-17)14-37-27(43)38-18-9-10-20(31)19(13-18)30(32,33)34/h4,6-7,9-10,12-13,15,21,24H,5,8,11,14H2,1-3H3,(H2,35,36)(H,40,42)(H,44,45)(H2,37,38,43). The predicted octanol–water partition coefficient (Wildman–Crippen LogP) is 6.01. The Kier molecular flexibility index (Phi) is 9.76. The Morgan fingerprint density at radius 1 is 1.13 bits per heavy atom. The highest BCUT2D eigenvalue weighted by Crippen LogP contribution is 2.36. The summed E-state index contributed by atoms with van der Waals surface area (Å²) in [6, 6.07) is 8.21. The van der Waals surface area contributed by atoms with Gasteiger partial charge in [-0.25, -0.2) is 19.6 Å². The number of carbonyl (C=O) groups is 3. The van der Waals surface area contributed by atoms with E-state index in [-0.39, 0.29) is 23.7 Å². The maximum atomic E-state index is 13.4. The topological polar surface area (TPSA) is 163 Å². The number of alkyl halides is 3. The summed E-state index contributed by atoms with van der Waals surface area (Å²) in [6.07, 6.45) is -3.17. The second kappa shape index (κ2) is 13.2. The fraction of sp³-hybridized carbons (Fsp3) is 0.367. The Hall–Kier alpha value is -4.59. The number of urea groups is 1. The first-order valence-electron chi connectivity index (χ1n) is 14.0. The quantitative estimate of drug-likeness (QED) is 0.219. The number of hydrogen-bond donors (Lipinski definition) is 5. The Labute approximate surface area is 262 Å². The average molecular weight is 648 g/mol. The lowest BCUT2D eigenvalue weighted by Gasteiger charge is -2.46. The van der Waals surface area contributed by atoms with Crippen molar-refractivity contribution in [3.63, 3.8) is 0 Å².